The molecule has 0 spiro atoms. The molecule has 0 bridgehead atoms. The molecule has 34 heavy (non-hydrogen) atoms. The summed E-state index contributed by atoms with van der Waals surface area (Å²) in [6, 6.07) is 8.27. The summed E-state index contributed by atoms with van der Waals surface area (Å²) in [7, 11) is 0. The van der Waals surface area contributed by atoms with E-state index >= 15 is 0 Å². The highest BCUT2D eigenvalue weighted by Gasteiger charge is 2.16. The third-order valence-corrected chi connectivity index (χ3v) is 6.26. The third-order valence-electron chi connectivity index (χ3n) is 6.26. The quantitative estimate of drug-likeness (QED) is 0.497. The van der Waals surface area contributed by atoms with Crippen LogP contribution in [0.1, 0.15) is 0 Å². The topological polar surface area (TPSA) is 93.8 Å². The van der Waals surface area contributed by atoms with Gasteiger partial charge in [0.1, 0.15) is 47.0 Å². The third kappa shape index (κ3) is 5.28. The van der Waals surface area contributed by atoms with E-state index in [1.54, 1.807) is 24.3 Å². The van der Waals surface area contributed by atoms with Gasteiger partial charge in [0.25, 0.3) is 0 Å². The molecule has 9 heteroatoms. The number of fused-ring (bicyclic) bond motifs is 2. The van der Waals surface area contributed by atoms with Gasteiger partial charge in [0.2, 0.25) is 5.43 Å². The van der Waals surface area contributed by atoms with Gasteiger partial charge in [0, 0.05) is 57.5 Å². The normalized spacial score (nSPS) is 17.9. The van der Waals surface area contributed by atoms with Gasteiger partial charge in [-0.05, 0) is 12.1 Å². The molecule has 2 aliphatic heterocycles. The minimum absolute atomic E-state index is 0.147. The van der Waals surface area contributed by atoms with Crippen molar-refractivity contribution >= 4 is 21.9 Å². The number of hydrogen-bond acceptors (Lipinski definition) is 9. The molecule has 1 aromatic heterocycles. The number of morpholine rings is 2. The van der Waals surface area contributed by atoms with Crippen LogP contribution in [0.3, 0.4) is 0 Å². The molecular formula is C25H30N2O7. The summed E-state index contributed by atoms with van der Waals surface area (Å²) in [5.41, 5.74) is 0.407. The fraction of sp³-hybridized carbons (Fsp3) is 0.480. The first-order chi connectivity index (χ1) is 16.7. The Hall–Kier alpha value is -2.85. The number of ether oxygens (including phenoxy) is 4. The zero-order chi connectivity index (χ0) is 23.3. The Morgan fingerprint density at radius 3 is 2.03 bits per heavy atom. The molecule has 0 atom stereocenters. The Morgan fingerprint density at radius 1 is 0.794 bits per heavy atom. The minimum atomic E-state index is -0.284. The van der Waals surface area contributed by atoms with Crippen molar-refractivity contribution in [3.63, 3.8) is 0 Å². The van der Waals surface area contributed by atoms with Gasteiger partial charge in [-0.2, -0.15) is 0 Å². The van der Waals surface area contributed by atoms with Crippen LogP contribution in [0, 0.1) is 0 Å². The van der Waals surface area contributed by atoms with Crippen LogP contribution in [0.25, 0.3) is 21.9 Å². The van der Waals surface area contributed by atoms with Gasteiger partial charge >= 0.3 is 0 Å². The zero-order valence-electron chi connectivity index (χ0n) is 19.2. The van der Waals surface area contributed by atoms with E-state index in [4.69, 9.17) is 23.4 Å². The standard InChI is InChI=1S/C25H30N2O7/c28-21-15-19(33-14-8-27-5-11-31-12-6-27)17-23-24(21)25(29)20-2-1-18(16-22(20)34-23)32-13-7-26-3-9-30-10-4-26/h1-2,15-17,28H,3-14H2. The van der Waals surface area contributed by atoms with E-state index in [2.05, 4.69) is 9.80 Å². The molecule has 0 radical (unpaired) electrons. The molecule has 182 valence electrons. The molecular weight excluding hydrogens is 440 g/mol. The molecule has 3 aromatic rings. The van der Waals surface area contributed by atoms with Gasteiger partial charge in [-0.25, -0.2) is 0 Å². The molecule has 9 nitrogen and oxygen atoms in total. The Morgan fingerprint density at radius 2 is 1.38 bits per heavy atom. The molecule has 0 unspecified atom stereocenters. The van der Waals surface area contributed by atoms with E-state index in [0.29, 0.717) is 35.7 Å². The molecule has 5 rings (SSSR count). The van der Waals surface area contributed by atoms with Crippen molar-refractivity contribution in [1.29, 1.82) is 0 Å². The van der Waals surface area contributed by atoms with Crippen molar-refractivity contribution in [3.8, 4) is 17.2 Å². The van der Waals surface area contributed by atoms with E-state index < -0.39 is 0 Å². The molecule has 0 aliphatic carbocycles. The average molecular weight is 471 g/mol. The molecule has 2 saturated heterocycles. The first-order valence-electron chi connectivity index (χ1n) is 11.8. The summed E-state index contributed by atoms with van der Waals surface area (Å²) in [5, 5.41) is 11.1. The van der Waals surface area contributed by atoms with Crippen molar-refractivity contribution in [2.75, 3.05) is 78.9 Å². The first-order valence-corrected chi connectivity index (χ1v) is 11.8. The summed E-state index contributed by atoms with van der Waals surface area (Å²) in [6.45, 7) is 9.09. The Balaban J connectivity index is 1.30. The number of aromatic hydroxyl groups is 1. The Labute approximate surface area is 197 Å². The maximum absolute atomic E-state index is 13.0. The van der Waals surface area contributed by atoms with E-state index in [1.807, 2.05) is 0 Å². The van der Waals surface area contributed by atoms with Gasteiger partial charge in [-0.1, -0.05) is 0 Å². The molecule has 0 saturated carbocycles. The van der Waals surface area contributed by atoms with Crippen LogP contribution >= 0.6 is 0 Å². The smallest absolute Gasteiger partial charge is 0.204 e. The number of benzene rings is 2. The number of nitrogens with zero attached hydrogens (tertiary/aromatic N) is 2. The van der Waals surface area contributed by atoms with Crippen molar-refractivity contribution in [1.82, 2.24) is 9.80 Å². The van der Waals surface area contributed by atoms with Crippen molar-refractivity contribution < 1.29 is 28.5 Å². The zero-order valence-corrected chi connectivity index (χ0v) is 19.2. The summed E-state index contributed by atoms with van der Waals surface area (Å²) in [4.78, 5) is 17.6. The van der Waals surface area contributed by atoms with Crippen molar-refractivity contribution in [2.24, 2.45) is 0 Å². The van der Waals surface area contributed by atoms with Crippen LogP contribution in [0.5, 0.6) is 17.2 Å². The molecule has 2 aromatic carbocycles. The lowest BCUT2D eigenvalue weighted by molar-refractivity contribution is 0.0322. The maximum Gasteiger partial charge on any atom is 0.204 e. The molecule has 2 fully saturated rings. The minimum Gasteiger partial charge on any atom is -0.507 e. The van der Waals surface area contributed by atoms with Crippen LogP contribution < -0.4 is 14.9 Å². The van der Waals surface area contributed by atoms with Crippen LogP contribution in [0.2, 0.25) is 0 Å². The summed E-state index contributed by atoms with van der Waals surface area (Å²) >= 11 is 0. The van der Waals surface area contributed by atoms with Crippen molar-refractivity contribution in [3.05, 3.63) is 40.6 Å². The lowest BCUT2D eigenvalue weighted by Gasteiger charge is -2.26. The predicted molar refractivity (Wildman–Crippen MR) is 127 cm³/mol. The lowest BCUT2D eigenvalue weighted by Crippen LogP contribution is -2.38. The summed E-state index contributed by atoms with van der Waals surface area (Å²) in [6.07, 6.45) is 0. The maximum atomic E-state index is 13.0. The molecule has 2 aliphatic rings. The highest BCUT2D eigenvalue weighted by molar-refractivity contribution is 5.94. The second-order valence-corrected chi connectivity index (χ2v) is 8.51. The Kier molecular flexibility index (Phi) is 7.15. The molecule has 1 N–H and O–H groups in total. The van der Waals surface area contributed by atoms with E-state index in [9.17, 15) is 9.90 Å². The van der Waals surface area contributed by atoms with Crippen LogP contribution in [-0.4, -0.2) is 93.8 Å². The van der Waals surface area contributed by atoms with Crippen LogP contribution in [0.4, 0.5) is 0 Å². The number of rotatable bonds is 8. The van der Waals surface area contributed by atoms with E-state index in [-0.39, 0.29) is 22.1 Å². The van der Waals surface area contributed by atoms with Gasteiger partial charge in [-0.15, -0.1) is 0 Å². The van der Waals surface area contributed by atoms with Crippen molar-refractivity contribution in [2.45, 2.75) is 0 Å². The Bertz CT molecular complexity index is 1180. The largest absolute Gasteiger partial charge is 0.507 e. The molecule has 3 heterocycles. The van der Waals surface area contributed by atoms with Gasteiger partial charge in [0.15, 0.2) is 0 Å². The predicted octanol–water partition coefficient (Wildman–Crippen LogP) is 2.07. The fourth-order valence-corrected chi connectivity index (χ4v) is 4.32. The van der Waals surface area contributed by atoms with Crippen LogP contribution in [0.15, 0.2) is 39.5 Å². The monoisotopic (exact) mass is 470 g/mol. The van der Waals surface area contributed by atoms with Gasteiger partial charge in [0.05, 0.1) is 31.8 Å². The van der Waals surface area contributed by atoms with E-state index in [1.165, 1.54) is 6.07 Å². The average Bonchev–Trinajstić information content (AvgIpc) is 2.85. The van der Waals surface area contributed by atoms with Crippen LogP contribution in [-0.2, 0) is 9.47 Å². The summed E-state index contributed by atoms with van der Waals surface area (Å²) < 4.78 is 28.5. The number of phenolic OH excluding ortho intramolecular Hbond substituents is 1. The van der Waals surface area contributed by atoms with E-state index in [0.717, 1.165) is 65.7 Å². The second-order valence-electron chi connectivity index (χ2n) is 8.51. The number of phenols is 1. The fourth-order valence-electron chi connectivity index (χ4n) is 4.32. The van der Waals surface area contributed by atoms with Gasteiger partial charge in [-0.3, -0.25) is 14.6 Å². The van der Waals surface area contributed by atoms with Gasteiger partial charge < -0.3 is 28.5 Å². The lowest BCUT2D eigenvalue weighted by atomic mass is 10.1. The number of hydrogen-bond donors (Lipinski definition) is 1. The molecule has 0 amide bonds. The summed E-state index contributed by atoms with van der Waals surface area (Å²) in [5.74, 6) is 0.935. The highest BCUT2D eigenvalue weighted by Crippen LogP contribution is 2.31. The first kappa shape index (κ1) is 22.9. The SMILES string of the molecule is O=c1c2ccc(OCCN3CCOCC3)cc2oc2cc(OCCN3CCOCC3)cc(O)c12. The second kappa shape index (κ2) is 10.6. The highest BCUT2D eigenvalue weighted by atomic mass is 16.5.